The molecule has 29 heavy (non-hydrogen) atoms. The van der Waals surface area contributed by atoms with Crippen LogP contribution in [0.25, 0.3) is 0 Å². The number of rotatable bonds is 8. The Morgan fingerprint density at radius 2 is 1.55 bits per heavy atom. The number of carbonyl (C=O) groups excluding carboxylic acids is 1. The predicted molar refractivity (Wildman–Crippen MR) is 114 cm³/mol. The maximum absolute atomic E-state index is 12.5. The number of hydrogen-bond donors (Lipinski definition) is 1. The maximum Gasteiger partial charge on any atom is 0.224 e. The molecule has 0 aliphatic heterocycles. The van der Waals surface area contributed by atoms with E-state index in [2.05, 4.69) is 5.32 Å². The molecule has 3 rings (SSSR count). The Morgan fingerprint density at radius 3 is 2.28 bits per heavy atom. The standard InChI is InChI=1S/C23H22ClNO4/c1-27-21-13-11-16(15-22(21)28-2)12-14-23(26)25-18-8-4-6-10-20(18)29-19-9-5-3-7-17(19)24/h3-11,13,15H,12,14H2,1-2H3,(H,25,26). The summed E-state index contributed by atoms with van der Waals surface area (Å²) in [5.41, 5.74) is 1.57. The fourth-order valence-electron chi connectivity index (χ4n) is 2.81. The Kier molecular flexibility index (Phi) is 6.98. The highest BCUT2D eigenvalue weighted by atomic mass is 35.5. The number of ether oxygens (including phenoxy) is 3. The van der Waals surface area contributed by atoms with Crippen molar-refractivity contribution in [2.45, 2.75) is 12.8 Å². The summed E-state index contributed by atoms with van der Waals surface area (Å²) < 4.78 is 16.4. The topological polar surface area (TPSA) is 56.8 Å². The van der Waals surface area contributed by atoms with E-state index in [4.69, 9.17) is 25.8 Å². The van der Waals surface area contributed by atoms with Gasteiger partial charge in [0.25, 0.3) is 0 Å². The molecule has 0 aliphatic rings. The van der Waals surface area contributed by atoms with E-state index < -0.39 is 0 Å². The van der Waals surface area contributed by atoms with Crippen molar-refractivity contribution in [2.75, 3.05) is 19.5 Å². The average Bonchev–Trinajstić information content (AvgIpc) is 2.75. The van der Waals surface area contributed by atoms with Crippen molar-refractivity contribution in [1.82, 2.24) is 0 Å². The first kappa shape index (κ1) is 20.6. The van der Waals surface area contributed by atoms with Gasteiger partial charge >= 0.3 is 0 Å². The van der Waals surface area contributed by atoms with E-state index in [0.29, 0.717) is 46.5 Å². The molecule has 1 amide bonds. The van der Waals surface area contributed by atoms with Gasteiger partial charge < -0.3 is 19.5 Å². The van der Waals surface area contributed by atoms with Crippen LogP contribution in [0.3, 0.4) is 0 Å². The van der Waals surface area contributed by atoms with Crippen LogP contribution in [0.2, 0.25) is 5.02 Å². The maximum atomic E-state index is 12.5. The van der Waals surface area contributed by atoms with E-state index in [-0.39, 0.29) is 5.91 Å². The van der Waals surface area contributed by atoms with Gasteiger partial charge in [-0.05, 0) is 48.4 Å². The van der Waals surface area contributed by atoms with E-state index >= 15 is 0 Å². The van der Waals surface area contributed by atoms with E-state index in [0.717, 1.165) is 5.56 Å². The van der Waals surface area contributed by atoms with E-state index in [1.165, 1.54) is 0 Å². The summed E-state index contributed by atoms with van der Waals surface area (Å²) in [7, 11) is 3.18. The van der Waals surface area contributed by atoms with Crippen molar-refractivity contribution in [2.24, 2.45) is 0 Å². The molecule has 150 valence electrons. The van der Waals surface area contributed by atoms with Crippen LogP contribution in [0.4, 0.5) is 5.69 Å². The molecule has 3 aromatic carbocycles. The molecular weight excluding hydrogens is 390 g/mol. The van der Waals surface area contributed by atoms with Crippen molar-refractivity contribution >= 4 is 23.2 Å². The third-order valence-electron chi connectivity index (χ3n) is 4.31. The van der Waals surface area contributed by atoms with Crippen molar-refractivity contribution in [3.63, 3.8) is 0 Å². The number of carbonyl (C=O) groups is 1. The number of para-hydroxylation sites is 3. The minimum atomic E-state index is -0.116. The molecule has 1 N–H and O–H groups in total. The molecule has 0 saturated carbocycles. The van der Waals surface area contributed by atoms with Crippen molar-refractivity contribution in [1.29, 1.82) is 0 Å². The molecule has 0 aliphatic carbocycles. The highest BCUT2D eigenvalue weighted by molar-refractivity contribution is 6.32. The Balaban J connectivity index is 1.65. The van der Waals surface area contributed by atoms with Gasteiger partial charge in [-0.3, -0.25) is 4.79 Å². The van der Waals surface area contributed by atoms with E-state index in [9.17, 15) is 4.79 Å². The van der Waals surface area contributed by atoms with Gasteiger partial charge in [0.15, 0.2) is 17.2 Å². The fourth-order valence-corrected chi connectivity index (χ4v) is 2.99. The van der Waals surface area contributed by atoms with Crippen LogP contribution < -0.4 is 19.5 Å². The average molecular weight is 412 g/mol. The van der Waals surface area contributed by atoms with Crippen LogP contribution in [0.1, 0.15) is 12.0 Å². The lowest BCUT2D eigenvalue weighted by atomic mass is 10.1. The second-order valence-corrected chi connectivity index (χ2v) is 6.67. The second kappa shape index (κ2) is 9.85. The zero-order valence-corrected chi connectivity index (χ0v) is 17.0. The lowest BCUT2D eigenvalue weighted by molar-refractivity contribution is -0.116. The van der Waals surface area contributed by atoms with E-state index in [1.807, 2.05) is 42.5 Å². The number of methoxy groups -OCH3 is 2. The lowest BCUT2D eigenvalue weighted by Crippen LogP contribution is -2.13. The number of nitrogens with one attached hydrogen (secondary N) is 1. The molecule has 0 radical (unpaired) electrons. The van der Waals surface area contributed by atoms with Gasteiger partial charge in [0.05, 0.1) is 24.9 Å². The van der Waals surface area contributed by atoms with Crippen LogP contribution >= 0.6 is 11.6 Å². The van der Waals surface area contributed by atoms with Crippen molar-refractivity contribution < 1.29 is 19.0 Å². The van der Waals surface area contributed by atoms with Gasteiger partial charge in [0, 0.05) is 6.42 Å². The van der Waals surface area contributed by atoms with Gasteiger partial charge in [-0.2, -0.15) is 0 Å². The fraction of sp³-hybridized carbons (Fsp3) is 0.174. The lowest BCUT2D eigenvalue weighted by Gasteiger charge is -2.13. The smallest absolute Gasteiger partial charge is 0.224 e. The molecule has 5 nitrogen and oxygen atoms in total. The first-order valence-corrected chi connectivity index (χ1v) is 9.50. The number of benzene rings is 3. The molecular formula is C23H22ClNO4. The summed E-state index contributed by atoms with van der Waals surface area (Å²) in [6, 6.07) is 20.1. The second-order valence-electron chi connectivity index (χ2n) is 6.27. The minimum absolute atomic E-state index is 0.116. The van der Waals surface area contributed by atoms with Gasteiger partial charge in [-0.1, -0.05) is 41.9 Å². The minimum Gasteiger partial charge on any atom is -0.493 e. The number of anilines is 1. The van der Waals surface area contributed by atoms with Gasteiger partial charge in [0.2, 0.25) is 5.91 Å². The summed E-state index contributed by atoms with van der Waals surface area (Å²) in [5.74, 6) is 2.24. The molecule has 0 heterocycles. The summed E-state index contributed by atoms with van der Waals surface area (Å²) in [5, 5.41) is 3.41. The molecule has 0 bridgehead atoms. The van der Waals surface area contributed by atoms with Gasteiger partial charge in [0.1, 0.15) is 5.75 Å². The predicted octanol–water partition coefficient (Wildman–Crippen LogP) is 5.72. The Bertz CT molecular complexity index is 990. The molecule has 0 unspecified atom stereocenters. The first-order chi connectivity index (χ1) is 14.1. The van der Waals surface area contributed by atoms with Crippen molar-refractivity contribution in [3.8, 4) is 23.0 Å². The highest BCUT2D eigenvalue weighted by Crippen LogP contribution is 2.33. The molecule has 0 atom stereocenters. The monoisotopic (exact) mass is 411 g/mol. The molecule has 6 heteroatoms. The van der Waals surface area contributed by atoms with Crippen LogP contribution in [0.5, 0.6) is 23.0 Å². The third-order valence-corrected chi connectivity index (χ3v) is 4.62. The van der Waals surface area contributed by atoms with Gasteiger partial charge in [-0.15, -0.1) is 0 Å². The summed E-state index contributed by atoms with van der Waals surface area (Å²) >= 11 is 6.16. The SMILES string of the molecule is COc1ccc(CCC(=O)Nc2ccccc2Oc2ccccc2Cl)cc1OC. The Morgan fingerprint density at radius 1 is 0.862 bits per heavy atom. The summed E-state index contributed by atoms with van der Waals surface area (Å²) in [4.78, 5) is 12.5. The molecule has 0 spiro atoms. The largest absolute Gasteiger partial charge is 0.493 e. The Labute approximate surface area is 175 Å². The molecule has 0 fully saturated rings. The molecule has 0 aromatic heterocycles. The summed E-state index contributed by atoms with van der Waals surface area (Å²) in [6.07, 6.45) is 0.885. The molecule has 0 saturated heterocycles. The zero-order valence-electron chi connectivity index (χ0n) is 16.3. The van der Waals surface area contributed by atoms with Gasteiger partial charge in [-0.25, -0.2) is 0 Å². The highest BCUT2D eigenvalue weighted by Gasteiger charge is 2.11. The number of hydrogen-bond acceptors (Lipinski definition) is 4. The van der Waals surface area contributed by atoms with E-state index in [1.54, 1.807) is 38.5 Å². The van der Waals surface area contributed by atoms with Crippen LogP contribution in [0.15, 0.2) is 66.7 Å². The van der Waals surface area contributed by atoms with Crippen molar-refractivity contribution in [3.05, 3.63) is 77.3 Å². The van der Waals surface area contributed by atoms with Crippen LogP contribution in [-0.2, 0) is 11.2 Å². The Hall–Kier alpha value is -3.18. The van der Waals surface area contributed by atoms with Crippen LogP contribution in [-0.4, -0.2) is 20.1 Å². The van der Waals surface area contributed by atoms with Crippen LogP contribution in [0, 0.1) is 0 Å². The number of amides is 1. The normalized spacial score (nSPS) is 10.3. The number of halogens is 1. The quantitative estimate of drug-likeness (QED) is 0.515. The first-order valence-electron chi connectivity index (χ1n) is 9.13. The zero-order chi connectivity index (χ0) is 20.6. The summed E-state index contributed by atoms with van der Waals surface area (Å²) in [6.45, 7) is 0. The molecule has 3 aromatic rings. The third kappa shape index (κ3) is 5.42. The number of aryl methyl sites for hydroxylation is 1.